The summed E-state index contributed by atoms with van der Waals surface area (Å²) in [5, 5.41) is 40.2. The van der Waals surface area contributed by atoms with Crippen LogP contribution in [0.25, 0.3) is 0 Å². The maximum absolute atomic E-state index is 12.8. The summed E-state index contributed by atoms with van der Waals surface area (Å²) >= 11 is 0. The molecule has 0 aromatic rings. The second-order valence-corrected chi connectivity index (χ2v) is 18.3. The number of carbonyl (C=O) groups excluding carboxylic acids is 1. The van der Waals surface area contributed by atoms with Crippen molar-refractivity contribution in [2.45, 2.75) is 269 Å². The summed E-state index contributed by atoms with van der Waals surface area (Å²) in [7, 11) is 0. The van der Waals surface area contributed by atoms with Crippen LogP contribution in [0.1, 0.15) is 232 Å². The van der Waals surface area contributed by atoms with E-state index in [0.717, 1.165) is 70.6 Å². The third-order valence-corrected chi connectivity index (χ3v) is 12.2. The van der Waals surface area contributed by atoms with Crippen LogP contribution in [0, 0.1) is 0 Å². The minimum atomic E-state index is -1.54. The van der Waals surface area contributed by atoms with Gasteiger partial charge in [0.05, 0.1) is 19.8 Å². The van der Waals surface area contributed by atoms with Gasteiger partial charge in [0.2, 0.25) is 0 Å². The Morgan fingerprint density at radius 2 is 0.953 bits per heavy atom. The highest BCUT2D eigenvalue weighted by Crippen LogP contribution is 2.23. The minimum Gasteiger partial charge on any atom is -0.457 e. The van der Waals surface area contributed by atoms with Crippen LogP contribution in [-0.4, -0.2) is 89.6 Å². The van der Waals surface area contributed by atoms with Crippen molar-refractivity contribution in [2.75, 3.05) is 26.4 Å². The van der Waals surface area contributed by atoms with E-state index in [1.165, 1.54) is 141 Å². The van der Waals surface area contributed by atoms with E-state index >= 15 is 0 Å². The average molecular weight is 905 g/mol. The molecular formula is C55H100O9. The summed E-state index contributed by atoms with van der Waals surface area (Å²) in [6.07, 6.45) is 51.6. The molecule has 0 amide bonds. The molecule has 1 saturated heterocycles. The topological polar surface area (TPSA) is 135 Å². The third kappa shape index (κ3) is 36.3. The highest BCUT2D eigenvalue weighted by atomic mass is 16.7. The number of allylic oxidation sites excluding steroid dienone is 8. The Morgan fingerprint density at radius 1 is 0.516 bits per heavy atom. The van der Waals surface area contributed by atoms with E-state index in [-0.39, 0.29) is 19.2 Å². The lowest BCUT2D eigenvalue weighted by molar-refractivity contribution is -0.305. The van der Waals surface area contributed by atoms with Gasteiger partial charge in [-0.1, -0.05) is 204 Å². The van der Waals surface area contributed by atoms with Gasteiger partial charge in [-0.15, -0.1) is 0 Å². The average Bonchev–Trinajstić information content (AvgIpc) is 3.30. The van der Waals surface area contributed by atoms with Gasteiger partial charge in [-0.3, -0.25) is 4.79 Å². The molecule has 9 nitrogen and oxygen atoms in total. The van der Waals surface area contributed by atoms with Crippen molar-refractivity contribution < 1.29 is 44.2 Å². The van der Waals surface area contributed by atoms with Crippen molar-refractivity contribution in [1.82, 2.24) is 0 Å². The summed E-state index contributed by atoms with van der Waals surface area (Å²) < 4.78 is 22.9. The van der Waals surface area contributed by atoms with Crippen molar-refractivity contribution >= 4 is 5.97 Å². The number of aliphatic hydroxyl groups excluding tert-OH is 4. The standard InChI is InChI=1S/C55H100O9/c1-3-5-7-9-11-13-15-17-19-20-21-22-23-24-25-26-27-28-29-31-33-35-37-39-41-43-45-61-47-49(48-62-55-54(60)53(59)52(58)50(46-56)64-55)63-51(57)44-42-40-38-36-34-32-30-18-16-14-12-10-8-6-4-2/h6,8,12,14,18,20-21,30,49-50,52-56,58-60H,3-5,7,9-11,13,15-17,19,22-29,31-48H2,1-2H3/b8-6-,14-12-,21-20-,30-18-. The summed E-state index contributed by atoms with van der Waals surface area (Å²) in [6, 6.07) is 0. The normalized spacial score (nSPS) is 19.9. The van der Waals surface area contributed by atoms with E-state index in [4.69, 9.17) is 18.9 Å². The molecule has 0 bridgehead atoms. The van der Waals surface area contributed by atoms with Crippen LogP contribution in [0.15, 0.2) is 48.6 Å². The molecule has 0 radical (unpaired) electrons. The number of hydrogen-bond acceptors (Lipinski definition) is 9. The van der Waals surface area contributed by atoms with Gasteiger partial charge in [-0.05, 0) is 70.6 Å². The van der Waals surface area contributed by atoms with E-state index in [1.807, 2.05) is 0 Å². The quantitative estimate of drug-likeness (QED) is 0.0267. The highest BCUT2D eigenvalue weighted by Gasteiger charge is 2.44. The Bertz CT molecular complexity index is 1120. The van der Waals surface area contributed by atoms with Gasteiger partial charge in [0.25, 0.3) is 0 Å². The van der Waals surface area contributed by atoms with Crippen LogP contribution in [0.5, 0.6) is 0 Å². The smallest absolute Gasteiger partial charge is 0.306 e. The molecule has 9 heteroatoms. The fourth-order valence-corrected chi connectivity index (χ4v) is 8.09. The van der Waals surface area contributed by atoms with E-state index in [2.05, 4.69) is 62.5 Å². The van der Waals surface area contributed by atoms with E-state index in [1.54, 1.807) is 0 Å². The molecule has 0 aliphatic carbocycles. The summed E-state index contributed by atoms with van der Waals surface area (Å²) in [6.45, 7) is 4.45. The number of hydrogen-bond donors (Lipinski definition) is 4. The number of esters is 1. The molecule has 1 aliphatic rings. The number of carbonyl (C=O) groups is 1. The molecule has 1 fully saturated rings. The number of rotatable bonds is 46. The predicted molar refractivity (Wildman–Crippen MR) is 265 cm³/mol. The lowest BCUT2D eigenvalue weighted by atomic mass is 9.99. The van der Waals surface area contributed by atoms with Gasteiger partial charge < -0.3 is 39.4 Å². The van der Waals surface area contributed by atoms with E-state index < -0.39 is 43.4 Å². The summed E-state index contributed by atoms with van der Waals surface area (Å²) in [4.78, 5) is 12.8. The second kappa shape index (κ2) is 46.3. The highest BCUT2D eigenvalue weighted by molar-refractivity contribution is 5.69. The first-order valence-electron chi connectivity index (χ1n) is 26.7. The molecule has 6 atom stereocenters. The number of aliphatic hydroxyl groups is 4. The van der Waals surface area contributed by atoms with Crippen molar-refractivity contribution in [3.63, 3.8) is 0 Å². The molecule has 1 heterocycles. The van der Waals surface area contributed by atoms with Crippen LogP contribution in [-0.2, 0) is 23.7 Å². The van der Waals surface area contributed by atoms with Crippen LogP contribution in [0.2, 0.25) is 0 Å². The fraction of sp³-hybridized carbons (Fsp3) is 0.836. The molecule has 1 aliphatic heterocycles. The third-order valence-electron chi connectivity index (χ3n) is 12.2. The molecule has 0 saturated carbocycles. The zero-order valence-electron chi connectivity index (χ0n) is 41.3. The zero-order chi connectivity index (χ0) is 46.4. The van der Waals surface area contributed by atoms with Crippen LogP contribution in [0.3, 0.4) is 0 Å². The molecule has 0 aromatic heterocycles. The van der Waals surface area contributed by atoms with Crippen molar-refractivity contribution in [2.24, 2.45) is 0 Å². The van der Waals surface area contributed by atoms with Gasteiger partial charge in [-0.25, -0.2) is 0 Å². The maximum Gasteiger partial charge on any atom is 0.306 e. The lowest BCUT2D eigenvalue weighted by Gasteiger charge is -2.39. The first-order chi connectivity index (χ1) is 31.4. The van der Waals surface area contributed by atoms with Crippen molar-refractivity contribution in [3.8, 4) is 0 Å². The summed E-state index contributed by atoms with van der Waals surface area (Å²) in [5.74, 6) is -0.328. The molecule has 64 heavy (non-hydrogen) atoms. The molecule has 6 unspecified atom stereocenters. The maximum atomic E-state index is 12.8. The predicted octanol–water partition coefficient (Wildman–Crippen LogP) is 13.3. The zero-order valence-corrected chi connectivity index (χ0v) is 41.3. The molecule has 0 aromatic carbocycles. The first-order valence-corrected chi connectivity index (χ1v) is 26.7. The van der Waals surface area contributed by atoms with Gasteiger partial charge in [0.15, 0.2) is 6.29 Å². The van der Waals surface area contributed by atoms with Gasteiger partial charge in [0.1, 0.15) is 30.5 Å². The molecule has 374 valence electrons. The molecular weight excluding hydrogens is 805 g/mol. The van der Waals surface area contributed by atoms with Gasteiger partial charge in [0, 0.05) is 13.0 Å². The Hall–Kier alpha value is -1.85. The molecule has 1 rings (SSSR count). The number of unbranched alkanes of at least 4 members (excludes halogenated alkanes) is 27. The lowest BCUT2D eigenvalue weighted by Crippen LogP contribution is -2.59. The Balaban J connectivity index is 2.15. The van der Waals surface area contributed by atoms with Gasteiger partial charge >= 0.3 is 5.97 Å². The van der Waals surface area contributed by atoms with Crippen molar-refractivity contribution in [3.05, 3.63) is 48.6 Å². The largest absolute Gasteiger partial charge is 0.457 e. The van der Waals surface area contributed by atoms with Crippen LogP contribution >= 0.6 is 0 Å². The minimum absolute atomic E-state index is 0.120. The Kier molecular flexibility index (Phi) is 43.5. The monoisotopic (exact) mass is 905 g/mol. The van der Waals surface area contributed by atoms with E-state index in [0.29, 0.717) is 13.0 Å². The van der Waals surface area contributed by atoms with E-state index in [9.17, 15) is 25.2 Å². The SMILES string of the molecule is CC/C=C\C/C=C\C/C=C\CCCCCCCC(=O)OC(COCCCCCCCCCCCCCCCC/C=C\CCCCCCCCCC)COC1OC(CO)C(O)C(O)C1O. The second-order valence-electron chi connectivity index (χ2n) is 18.3. The fourth-order valence-electron chi connectivity index (χ4n) is 8.09. The summed E-state index contributed by atoms with van der Waals surface area (Å²) in [5.41, 5.74) is 0. The van der Waals surface area contributed by atoms with Crippen LogP contribution < -0.4 is 0 Å². The van der Waals surface area contributed by atoms with Gasteiger partial charge in [-0.2, -0.15) is 0 Å². The molecule has 4 N–H and O–H groups in total. The first kappa shape index (κ1) is 60.2. The van der Waals surface area contributed by atoms with Crippen molar-refractivity contribution in [1.29, 1.82) is 0 Å². The Morgan fingerprint density at radius 3 is 1.45 bits per heavy atom. The Labute approximate surface area is 392 Å². The molecule has 0 spiro atoms. The number of ether oxygens (including phenoxy) is 4. The van der Waals surface area contributed by atoms with Crippen LogP contribution in [0.4, 0.5) is 0 Å².